The molecule has 0 aliphatic rings. The van der Waals surface area contributed by atoms with Gasteiger partial charge in [0.05, 0.1) is 7.05 Å². The van der Waals surface area contributed by atoms with Crippen LogP contribution in [-0.4, -0.2) is 26.0 Å². The van der Waals surface area contributed by atoms with Gasteiger partial charge in [-0.05, 0) is 16.7 Å². The van der Waals surface area contributed by atoms with Crippen molar-refractivity contribution in [2.45, 2.75) is 6.04 Å². The molecule has 7 heteroatoms. The van der Waals surface area contributed by atoms with Crippen molar-refractivity contribution in [1.82, 2.24) is 20.2 Å². The van der Waals surface area contributed by atoms with Crippen LogP contribution in [0.25, 0.3) is 0 Å². The first-order valence-corrected chi connectivity index (χ1v) is 5.13. The Balaban J connectivity index is 2.22. The van der Waals surface area contributed by atoms with E-state index in [9.17, 15) is 4.79 Å². The maximum absolute atomic E-state index is 11.8. The molecule has 0 saturated carbocycles. The summed E-state index contributed by atoms with van der Waals surface area (Å²) >= 11 is 1.43. The maximum Gasteiger partial charge on any atom is 0.242 e. The number of thiophene rings is 1. The van der Waals surface area contributed by atoms with Crippen LogP contribution in [0, 0.1) is 0 Å². The number of aromatic nitrogens is 4. The highest BCUT2D eigenvalue weighted by Crippen LogP contribution is 2.18. The van der Waals surface area contributed by atoms with Crippen LogP contribution in [0.2, 0.25) is 0 Å². The number of tetrazole rings is 1. The van der Waals surface area contributed by atoms with Crippen molar-refractivity contribution in [1.29, 1.82) is 0 Å². The van der Waals surface area contributed by atoms with Gasteiger partial charge in [0.1, 0.15) is 6.04 Å². The van der Waals surface area contributed by atoms with E-state index in [0.29, 0.717) is 0 Å². The molecule has 6 nitrogen and oxygen atoms in total. The van der Waals surface area contributed by atoms with E-state index in [1.54, 1.807) is 7.05 Å². The van der Waals surface area contributed by atoms with Crippen molar-refractivity contribution in [2.75, 3.05) is 0 Å². The smallest absolute Gasteiger partial charge is 0.242 e. The molecule has 0 radical (unpaired) electrons. The third-order valence-electron chi connectivity index (χ3n) is 1.86. The van der Waals surface area contributed by atoms with Crippen LogP contribution in [0.15, 0.2) is 17.5 Å². The second kappa shape index (κ2) is 3.87. The quantitative estimate of drug-likeness (QED) is 0.749. The molecule has 15 heavy (non-hydrogen) atoms. The summed E-state index contributed by atoms with van der Waals surface area (Å²) in [6, 6.07) is 2.95. The van der Waals surface area contributed by atoms with Crippen molar-refractivity contribution >= 4 is 17.1 Å². The van der Waals surface area contributed by atoms with Crippen LogP contribution in [0.1, 0.15) is 21.5 Å². The molecule has 0 bridgehead atoms. The number of aryl methyl sites for hydroxylation is 1. The van der Waals surface area contributed by atoms with Gasteiger partial charge < -0.3 is 5.73 Å². The third kappa shape index (κ3) is 1.92. The lowest BCUT2D eigenvalue weighted by atomic mass is 10.1. The van der Waals surface area contributed by atoms with E-state index in [4.69, 9.17) is 5.73 Å². The van der Waals surface area contributed by atoms with E-state index in [-0.39, 0.29) is 11.6 Å². The molecule has 1 unspecified atom stereocenters. The van der Waals surface area contributed by atoms with E-state index in [0.717, 1.165) is 4.88 Å². The molecule has 2 aromatic heterocycles. The molecular weight excluding hydrogens is 214 g/mol. The van der Waals surface area contributed by atoms with Crippen LogP contribution in [0.3, 0.4) is 0 Å². The molecule has 0 amide bonds. The molecule has 0 aliphatic heterocycles. The zero-order valence-corrected chi connectivity index (χ0v) is 8.81. The Kier molecular flexibility index (Phi) is 2.57. The predicted molar refractivity (Wildman–Crippen MR) is 54.4 cm³/mol. The van der Waals surface area contributed by atoms with Crippen molar-refractivity contribution in [3.63, 3.8) is 0 Å². The van der Waals surface area contributed by atoms with E-state index in [1.807, 2.05) is 17.5 Å². The number of Topliss-reactive ketones (excluding diaryl/α,β-unsaturated/α-hetero) is 1. The minimum Gasteiger partial charge on any atom is -0.317 e. The summed E-state index contributed by atoms with van der Waals surface area (Å²) in [5.41, 5.74) is 5.77. The molecular formula is C8H9N5OS. The van der Waals surface area contributed by atoms with Gasteiger partial charge in [-0.2, -0.15) is 4.80 Å². The van der Waals surface area contributed by atoms with Crippen molar-refractivity contribution in [3.05, 3.63) is 28.2 Å². The minimum absolute atomic E-state index is 0.0541. The SMILES string of the molecule is Cn1nnc(C(=O)C(N)c2cccs2)n1. The van der Waals surface area contributed by atoms with E-state index >= 15 is 0 Å². The van der Waals surface area contributed by atoms with E-state index in [2.05, 4.69) is 15.4 Å². The Morgan fingerprint density at radius 1 is 1.67 bits per heavy atom. The van der Waals surface area contributed by atoms with Gasteiger partial charge in [0, 0.05) is 4.88 Å². The van der Waals surface area contributed by atoms with Gasteiger partial charge in [-0.25, -0.2) is 0 Å². The average Bonchev–Trinajstić information content (AvgIpc) is 2.85. The van der Waals surface area contributed by atoms with Crippen molar-refractivity contribution in [2.24, 2.45) is 12.8 Å². The first kappa shape index (κ1) is 9.94. The fourth-order valence-electron chi connectivity index (χ4n) is 1.12. The van der Waals surface area contributed by atoms with E-state index in [1.165, 1.54) is 16.1 Å². The number of hydrogen-bond donors (Lipinski definition) is 1. The molecule has 0 saturated heterocycles. The maximum atomic E-state index is 11.8. The third-order valence-corrected chi connectivity index (χ3v) is 2.82. The zero-order valence-electron chi connectivity index (χ0n) is 7.99. The Bertz CT molecular complexity index is 463. The van der Waals surface area contributed by atoms with Crippen LogP contribution in [0.5, 0.6) is 0 Å². The lowest BCUT2D eigenvalue weighted by Crippen LogP contribution is -2.21. The van der Waals surface area contributed by atoms with Gasteiger partial charge in [0.25, 0.3) is 0 Å². The molecule has 0 spiro atoms. The average molecular weight is 223 g/mol. The minimum atomic E-state index is -0.700. The highest BCUT2D eigenvalue weighted by atomic mass is 32.1. The molecule has 78 valence electrons. The molecule has 2 rings (SSSR count). The molecule has 0 aromatic carbocycles. The summed E-state index contributed by atoms with van der Waals surface area (Å²) in [6.07, 6.45) is 0. The standard InChI is InChI=1S/C8H9N5OS/c1-13-11-8(10-12-13)7(14)6(9)5-3-2-4-15-5/h2-4,6H,9H2,1H3. The summed E-state index contributed by atoms with van der Waals surface area (Å²) in [6.45, 7) is 0. The first-order chi connectivity index (χ1) is 7.18. The van der Waals surface area contributed by atoms with Gasteiger partial charge >= 0.3 is 0 Å². The summed E-state index contributed by atoms with van der Waals surface area (Å²) in [5.74, 6) is -0.260. The Morgan fingerprint density at radius 2 is 2.47 bits per heavy atom. The molecule has 2 heterocycles. The van der Waals surface area contributed by atoms with Gasteiger partial charge in [-0.1, -0.05) is 6.07 Å². The summed E-state index contributed by atoms with van der Waals surface area (Å²) in [4.78, 5) is 13.8. The van der Waals surface area contributed by atoms with E-state index < -0.39 is 6.04 Å². The molecule has 2 aromatic rings. The van der Waals surface area contributed by atoms with Gasteiger partial charge in [0.2, 0.25) is 11.6 Å². The van der Waals surface area contributed by atoms with Crippen LogP contribution >= 0.6 is 11.3 Å². The number of ketones is 1. The normalized spacial score (nSPS) is 12.7. The highest BCUT2D eigenvalue weighted by Gasteiger charge is 2.22. The van der Waals surface area contributed by atoms with Crippen LogP contribution in [-0.2, 0) is 7.05 Å². The summed E-state index contributed by atoms with van der Waals surface area (Å²) < 4.78 is 0. The monoisotopic (exact) mass is 223 g/mol. The number of carbonyl (C=O) groups excluding carboxylic acids is 1. The summed E-state index contributed by atoms with van der Waals surface area (Å²) in [5, 5.41) is 12.9. The lowest BCUT2D eigenvalue weighted by Gasteiger charge is -2.03. The molecule has 2 N–H and O–H groups in total. The van der Waals surface area contributed by atoms with Gasteiger partial charge in [-0.3, -0.25) is 4.79 Å². The Morgan fingerprint density at radius 3 is 3.00 bits per heavy atom. The number of hydrogen-bond acceptors (Lipinski definition) is 6. The largest absolute Gasteiger partial charge is 0.317 e. The fraction of sp³-hybridized carbons (Fsp3) is 0.250. The van der Waals surface area contributed by atoms with Gasteiger partial charge in [-0.15, -0.1) is 21.5 Å². The number of nitrogens with zero attached hydrogens (tertiary/aromatic N) is 4. The van der Waals surface area contributed by atoms with Crippen LogP contribution in [0.4, 0.5) is 0 Å². The summed E-state index contributed by atoms with van der Waals surface area (Å²) in [7, 11) is 1.60. The number of rotatable bonds is 3. The second-order valence-corrected chi connectivity index (χ2v) is 3.94. The second-order valence-electron chi connectivity index (χ2n) is 2.96. The van der Waals surface area contributed by atoms with Crippen molar-refractivity contribution in [3.8, 4) is 0 Å². The zero-order chi connectivity index (χ0) is 10.8. The predicted octanol–water partition coefficient (Wildman–Crippen LogP) is 0.154. The number of carbonyl (C=O) groups is 1. The fourth-order valence-corrected chi connectivity index (χ4v) is 1.84. The highest BCUT2D eigenvalue weighted by molar-refractivity contribution is 7.10. The van der Waals surface area contributed by atoms with Crippen molar-refractivity contribution < 1.29 is 4.79 Å². The molecule has 1 atom stereocenters. The van der Waals surface area contributed by atoms with Gasteiger partial charge in [0.15, 0.2) is 0 Å². The topological polar surface area (TPSA) is 86.7 Å². The first-order valence-electron chi connectivity index (χ1n) is 4.25. The molecule has 0 fully saturated rings. The molecule has 0 aliphatic carbocycles. The Labute approximate surface area is 89.7 Å². The lowest BCUT2D eigenvalue weighted by molar-refractivity contribution is 0.0952. The Hall–Kier alpha value is -1.60. The van der Waals surface area contributed by atoms with Crippen LogP contribution < -0.4 is 5.73 Å². The number of nitrogens with two attached hydrogens (primary N) is 1.